The van der Waals surface area contributed by atoms with Gasteiger partial charge in [0.25, 0.3) is 0 Å². The summed E-state index contributed by atoms with van der Waals surface area (Å²) in [5, 5.41) is 6.77. The molecule has 0 atom stereocenters. The summed E-state index contributed by atoms with van der Waals surface area (Å²) in [6, 6.07) is 5.57. The van der Waals surface area contributed by atoms with E-state index in [-0.39, 0.29) is 5.91 Å². The van der Waals surface area contributed by atoms with Gasteiger partial charge in [-0.15, -0.1) is 0 Å². The molecule has 2 rings (SSSR count). The molecule has 1 amide bonds. The average Bonchev–Trinajstić information content (AvgIpc) is 3.25. The summed E-state index contributed by atoms with van der Waals surface area (Å²) in [5.41, 5.74) is 1.02. The fraction of sp³-hybridized carbons (Fsp3) is 0.562. The third kappa shape index (κ3) is 6.36. The summed E-state index contributed by atoms with van der Waals surface area (Å²) in [4.78, 5) is 11.5. The van der Waals surface area contributed by atoms with Crippen molar-refractivity contribution in [3.63, 3.8) is 0 Å². The van der Waals surface area contributed by atoms with Gasteiger partial charge in [0.05, 0.1) is 13.2 Å². The van der Waals surface area contributed by atoms with Gasteiger partial charge < -0.3 is 15.4 Å². The van der Waals surface area contributed by atoms with Crippen LogP contribution in [-0.4, -0.2) is 32.1 Å². The molecule has 1 aromatic carbocycles. The molecule has 0 bridgehead atoms. The molecule has 0 spiro atoms. The zero-order valence-electron chi connectivity index (χ0n) is 12.5. The lowest BCUT2D eigenvalue weighted by Crippen LogP contribution is -2.35. The van der Waals surface area contributed by atoms with Crippen LogP contribution in [0.25, 0.3) is 0 Å². The number of hydrogen-bond donors (Lipinski definition) is 2. The van der Waals surface area contributed by atoms with Gasteiger partial charge in [0.1, 0.15) is 5.75 Å². The minimum Gasteiger partial charge on any atom is -0.493 e. The van der Waals surface area contributed by atoms with E-state index in [1.807, 2.05) is 25.1 Å². The van der Waals surface area contributed by atoms with E-state index in [2.05, 4.69) is 10.6 Å². The molecular formula is C16H23ClN2O2. The van der Waals surface area contributed by atoms with E-state index in [4.69, 9.17) is 16.3 Å². The molecule has 1 fully saturated rings. The highest BCUT2D eigenvalue weighted by Crippen LogP contribution is 2.27. The van der Waals surface area contributed by atoms with Gasteiger partial charge in [-0.3, -0.25) is 4.79 Å². The lowest BCUT2D eigenvalue weighted by molar-refractivity contribution is -0.120. The van der Waals surface area contributed by atoms with Crippen molar-refractivity contribution in [2.24, 2.45) is 5.92 Å². The number of ether oxygens (including phenoxy) is 1. The van der Waals surface area contributed by atoms with Crippen LogP contribution >= 0.6 is 11.6 Å². The Morgan fingerprint density at radius 3 is 2.95 bits per heavy atom. The highest BCUT2D eigenvalue weighted by Gasteiger charge is 2.20. The molecule has 0 unspecified atom stereocenters. The largest absolute Gasteiger partial charge is 0.493 e. The maximum Gasteiger partial charge on any atom is 0.233 e. The monoisotopic (exact) mass is 310 g/mol. The summed E-state index contributed by atoms with van der Waals surface area (Å²) in [6.07, 6.45) is 3.39. The Morgan fingerprint density at radius 2 is 2.24 bits per heavy atom. The number of benzene rings is 1. The number of aryl methyl sites for hydroxylation is 1. The van der Waals surface area contributed by atoms with Gasteiger partial charge in [0, 0.05) is 11.6 Å². The van der Waals surface area contributed by atoms with Gasteiger partial charge in [-0.05, 0) is 62.4 Å². The maximum atomic E-state index is 11.5. The lowest BCUT2D eigenvalue weighted by Gasteiger charge is -2.10. The van der Waals surface area contributed by atoms with E-state index in [9.17, 15) is 4.79 Å². The van der Waals surface area contributed by atoms with Crippen LogP contribution in [0.3, 0.4) is 0 Å². The minimum absolute atomic E-state index is 0.0540. The second-order valence-corrected chi connectivity index (χ2v) is 5.97. The number of carbonyl (C=O) groups is 1. The standard InChI is InChI=1S/C16H23ClN2O2/c1-12-9-14(17)5-6-15(12)21-8-2-7-19-16(20)11-18-10-13-3-4-13/h5-6,9,13,18H,2-4,7-8,10-11H2,1H3,(H,19,20). The molecule has 0 radical (unpaired) electrons. The maximum absolute atomic E-state index is 11.5. The first-order chi connectivity index (χ1) is 10.1. The van der Waals surface area contributed by atoms with Crippen LogP contribution in [-0.2, 0) is 4.79 Å². The topological polar surface area (TPSA) is 50.4 Å². The summed E-state index contributed by atoms with van der Waals surface area (Å²) >= 11 is 5.89. The SMILES string of the molecule is Cc1cc(Cl)ccc1OCCCNC(=O)CNCC1CC1. The molecule has 0 aromatic heterocycles. The Morgan fingerprint density at radius 1 is 1.43 bits per heavy atom. The van der Waals surface area contributed by atoms with E-state index < -0.39 is 0 Å². The van der Waals surface area contributed by atoms with Crippen LogP contribution in [0.1, 0.15) is 24.8 Å². The molecule has 1 saturated carbocycles. The Kier molecular flexibility index (Phi) is 6.33. The van der Waals surface area contributed by atoms with Gasteiger partial charge in [0.15, 0.2) is 0 Å². The minimum atomic E-state index is 0.0540. The Labute approximate surface area is 131 Å². The Bertz CT molecular complexity index is 475. The molecule has 1 aliphatic carbocycles. The predicted octanol–water partition coefficient (Wildman–Crippen LogP) is 2.53. The van der Waals surface area contributed by atoms with Gasteiger partial charge >= 0.3 is 0 Å². The normalized spacial score (nSPS) is 14.0. The van der Waals surface area contributed by atoms with Crippen LogP contribution in [0, 0.1) is 12.8 Å². The van der Waals surface area contributed by atoms with Gasteiger partial charge in [-0.25, -0.2) is 0 Å². The Hall–Kier alpha value is -1.26. The van der Waals surface area contributed by atoms with Gasteiger partial charge in [-0.2, -0.15) is 0 Å². The fourth-order valence-corrected chi connectivity index (χ4v) is 2.26. The molecule has 5 heteroatoms. The zero-order chi connectivity index (χ0) is 15.1. The fourth-order valence-electron chi connectivity index (χ4n) is 2.03. The van der Waals surface area contributed by atoms with Crippen LogP contribution in [0.5, 0.6) is 5.75 Å². The van der Waals surface area contributed by atoms with E-state index >= 15 is 0 Å². The van der Waals surface area contributed by atoms with Crippen molar-refractivity contribution < 1.29 is 9.53 Å². The predicted molar refractivity (Wildman–Crippen MR) is 84.9 cm³/mol. The number of nitrogens with one attached hydrogen (secondary N) is 2. The number of rotatable bonds is 9. The third-order valence-electron chi connectivity index (χ3n) is 3.45. The van der Waals surface area contributed by atoms with E-state index in [0.717, 1.165) is 30.2 Å². The molecule has 1 aromatic rings. The van der Waals surface area contributed by atoms with Crippen molar-refractivity contribution in [1.82, 2.24) is 10.6 Å². The molecule has 4 nitrogen and oxygen atoms in total. The summed E-state index contributed by atoms with van der Waals surface area (Å²) in [7, 11) is 0. The molecule has 2 N–H and O–H groups in total. The Balaban J connectivity index is 1.51. The summed E-state index contributed by atoms with van der Waals surface area (Å²) < 4.78 is 5.67. The molecule has 0 heterocycles. The van der Waals surface area contributed by atoms with Crippen LogP contribution < -0.4 is 15.4 Å². The molecule has 0 aliphatic heterocycles. The van der Waals surface area contributed by atoms with Crippen LogP contribution in [0.2, 0.25) is 5.02 Å². The number of amides is 1. The summed E-state index contributed by atoms with van der Waals surface area (Å²) in [6.45, 7) is 4.56. The van der Waals surface area contributed by atoms with Gasteiger partial charge in [-0.1, -0.05) is 11.6 Å². The van der Waals surface area contributed by atoms with E-state index in [0.29, 0.717) is 24.7 Å². The first-order valence-electron chi connectivity index (χ1n) is 7.51. The van der Waals surface area contributed by atoms with Crippen molar-refractivity contribution in [1.29, 1.82) is 0 Å². The molecular weight excluding hydrogens is 288 g/mol. The second kappa shape index (κ2) is 8.25. The quantitative estimate of drug-likeness (QED) is 0.689. The van der Waals surface area contributed by atoms with Crippen molar-refractivity contribution in [2.45, 2.75) is 26.2 Å². The van der Waals surface area contributed by atoms with Gasteiger partial charge in [0.2, 0.25) is 5.91 Å². The molecule has 1 aliphatic rings. The first kappa shape index (κ1) is 16.1. The third-order valence-corrected chi connectivity index (χ3v) is 3.69. The number of hydrogen-bond acceptors (Lipinski definition) is 3. The zero-order valence-corrected chi connectivity index (χ0v) is 13.2. The second-order valence-electron chi connectivity index (χ2n) is 5.54. The summed E-state index contributed by atoms with van der Waals surface area (Å²) in [5.74, 6) is 1.70. The smallest absolute Gasteiger partial charge is 0.233 e. The van der Waals surface area contributed by atoms with Crippen molar-refractivity contribution in [2.75, 3.05) is 26.2 Å². The lowest BCUT2D eigenvalue weighted by atomic mass is 10.2. The van der Waals surface area contributed by atoms with Crippen molar-refractivity contribution in [3.8, 4) is 5.75 Å². The highest BCUT2D eigenvalue weighted by molar-refractivity contribution is 6.30. The molecule has 21 heavy (non-hydrogen) atoms. The molecule has 0 saturated heterocycles. The van der Waals surface area contributed by atoms with E-state index in [1.54, 1.807) is 0 Å². The number of halogens is 1. The van der Waals surface area contributed by atoms with Crippen LogP contribution in [0.4, 0.5) is 0 Å². The van der Waals surface area contributed by atoms with Crippen molar-refractivity contribution in [3.05, 3.63) is 28.8 Å². The molecule has 116 valence electrons. The highest BCUT2D eigenvalue weighted by atomic mass is 35.5. The van der Waals surface area contributed by atoms with Crippen LogP contribution in [0.15, 0.2) is 18.2 Å². The van der Waals surface area contributed by atoms with E-state index in [1.165, 1.54) is 12.8 Å². The van der Waals surface area contributed by atoms with Crippen molar-refractivity contribution >= 4 is 17.5 Å². The first-order valence-corrected chi connectivity index (χ1v) is 7.89. The number of carbonyl (C=O) groups excluding carboxylic acids is 1. The average molecular weight is 311 g/mol.